The Kier molecular flexibility index (Phi) is 4.50. The van der Waals surface area contributed by atoms with Crippen molar-refractivity contribution >= 4 is 0 Å². The minimum atomic E-state index is -4.68. The highest BCUT2D eigenvalue weighted by Crippen LogP contribution is 2.41. The molecule has 0 aliphatic rings. The van der Waals surface area contributed by atoms with Crippen LogP contribution in [0, 0.1) is 5.41 Å². The average Bonchev–Trinajstić information content (AvgIpc) is 2.37. The van der Waals surface area contributed by atoms with Crippen molar-refractivity contribution in [3.05, 3.63) is 65.7 Å². The van der Waals surface area contributed by atoms with Crippen molar-refractivity contribution < 1.29 is 17.9 Å². The third-order valence-corrected chi connectivity index (χ3v) is 3.42. The van der Waals surface area contributed by atoms with E-state index in [1.165, 1.54) is 12.1 Å². The van der Waals surface area contributed by atoms with Crippen LogP contribution in [-0.4, -0.2) is 6.36 Å². The minimum Gasteiger partial charge on any atom is -0.406 e. The largest absolute Gasteiger partial charge is 0.573 e. The first kappa shape index (κ1) is 16.4. The fourth-order valence-electron chi connectivity index (χ4n) is 2.73. The molecule has 2 aromatic carbocycles. The van der Waals surface area contributed by atoms with Gasteiger partial charge in [-0.15, -0.1) is 13.2 Å². The maximum Gasteiger partial charge on any atom is 0.573 e. The van der Waals surface area contributed by atoms with E-state index in [2.05, 4.69) is 25.5 Å². The molecule has 0 heterocycles. The zero-order valence-electron chi connectivity index (χ0n) is 12.8. The molecular weight excluding hydrogens is 289 g/mol. The third-order valence-electron chi connectivity index (χ3n) is 3.42. The number of ether oxygens (including phenoxy) is 1. The maximum atomic E-state index is 12.4. The zero-order chi connectivity index (χ0) is 16.4. The number of hydrogen-bond donors (Lipinski definition) is 0. The van der Waals surface area contributed by atoms with Crippen LogP contribution in [0.1, 0.15) is 37.8 Å². The molecule has 1 nitrogen and oxygen atoms in total. The van der Waals surface area contributed by atoms with Gasteiger partial charge in [-0.25, -0.2) is 0 Å². The van der Waals surface area contributed by atoms with Crippen molar-refractivity contribution in [2.45, 2.75) is 33.1 Å². The molecule has 2 rings (SSSR count). The topological polar surface area (TPSA) is 9.23 Å². The Morgan fingerprint density at radius 3 is 1.95 bits per heavy atom. The van der Waals surface area contributed by atoms with Crippen molar-refractivity contribution in [2.75, 3.05) is 0 Å². The second kappa shape index (κ2) is 6.03. The lowest BCUT2D eigenvalue weighted by atomic mass is 9.72. The van der Waals surface area contributed by atoms with Crippen LogP contribution < -0.4 is 4.74 Å². The first-order chi connectivity index (χ1) is 10.2. The van der Waals surface area contributed by atoms with Gasteiger partial charge in [-0.05, 0) is 28.7 Å². The predicted octanol–water partition coefficient (Wildman–Crippen LogP) is 5.76. The van der Waals surface area contributed by atoms with Gasteiger partial charge in [0.25, 0.3) is 0 Å². The molecule has 0 amide bonds. The number of alkyl halides is 3. The fraction of sp³-hybridized carbons (Fsp3) is 0.333. The quantitative estimate of drug-likeness (QED) is 0.700. The Balaban J connectivity index is 2.43. The van der Waals surface area contributed by atoms with Gasteiger partial charge in [0.15, 0.2) is 0 Å². The molecule has 0 spiro atoms. The van der Waals surface area contributed by atoms with Crippen molar-refractivity contribution in [2.24, 2.45) is 5.41 Å². The monoisotopic (exact) mass is 308 g/mol. The van der Waals surface area contributed by atoms with Gasteiger partial charge in [0.2, 0.25) is 0 Å². The zero-order valence-corrected chi connectivity index (χ0v) is 12.8. The molecule has 4 heteroatoms. The molecule has 0 aromatic heterocycles. The molecule has 118 valence electrons. The summed E-state index contributed by atoms with van der Waals surface area (Å²) in [5.41, 5.74) is 1.73. The number of rotatable bonds is 3. The molecule has 0 saturated heterocycles. The summed E-state index contributed by atoms with van der Waals surface area (Å²) in [7, 11) is 0. The van der Waals surface area contributed by atoms with Gasteiger partial charge in [0.05, 0.1) is 0 Å². The van der Waals surface area contributed by atoms with Crippen molar-refractivity contribution in [3.63, 3.8) is 0 Å². The lowest BCUT2D eigenvalue weighted by Crippen LogP contribution is -2.20. The molecule has 0 N–H and O–H groups in total. The average molecular weight is 308 g/mol. The minimum absolute atomic E-state index is 0.0227. The number of halogens is 3. The molecule has 2 aromatic rings. The maximum absolute atomic E-state index is 12.4. The molecule has 0 aliphatic heterocycles. The van der Waals surface area contributed by atoms with Crippen molar-refractivity contribution in [3.8, 4) is 5.75 Å². The summed E-state index contributed by atoms with van der Waals surface area (Å²) in [6.07, 6.45) is -4.68. The second-order valence-electron chi connectivity index (χ2n) is 6.33. The molecular formula is C18H19F3O. The van der Waals surface area contributed by atoms with Gasteiger partial charge >= 0.3 is 6.36 Å². The molecule has 1 unspecified atom stereocenters. The van der Waals surface area contributed by atoms with E-state index in [-0.39, 0.29) is 17.1 Å². The molecule has 0 bridgehead atoms. The molecule has 0 fully saturated rings. The van der Waals surface area contributed by atoms with E-state index in [1.54, 1.807) is 6.07 Å². The van der Waals surface area contributed by atoms with E-state index in [0.29, 0.717) is 0 Å². The van der Waals surface area contributed by atoms with Gasteiger partial charge < -0.3 is 4.74 Å². The van der Waals surface area contributed by atoms with Crippen molar-refractivity contribution in [1.82, 2.24) is 0 Å². The summed E-state index contributed by atoms with van der Waals surface area (Å²) in [4.78, 5) is 0. The summed E-state index contributed by atoms with van der Waals surface area (Å²) < 4.78 is 41.3. The third kappa shape index (κ3) is 4.26. The van der Waals surface area contributed by atoms with E-state index >= 15 is 0 Å². The van der Waals surface area contributed by atoms with Crippen LogP contribution in [0.25, 0.3) is 0 Å². The second-order valence-corrected chi connectivity index (χ2v) is 6.33. The summed E-state index contributed by atoms with van der Waals surface area (Å²) in [5, 5.41) is 0. The SMILES string of the molecule is CC(C)(C)C(c1ccccc1)c1cccc(OC(F)(F)F)c1. The van der Waals surface area contributed by atoms with Gasteiger partial charge in [0, 0.05) is 5.92 Å². The summed E-state index contributed by atoms with van der Waals surface area (Å²) in [6, 6.07) is 16.0. The Hall–Kier alpha value is -1.97. The van der Waals surface area contributed by atoms with Gasteiger partial charge in [-0.1, -0.05) is 63.2 Å². The van der Waals surface area contributed by atoms with Crippen molar-refractivity contribution in [1.29, 1.82) is 0 Å². The number of hydrogen-bond acceptors (Lipinski definition) is 1. The smallest absolute Gasteiger partial charge is 0.406 e. The highest BCUT2D eigenvalue weighted by atomic mass is 19.4. The molecule has 0 radical (unpaired) electrons. The molecule has 22 heavy (non-hydrogen) atoms. The van der Waals surface area contributed by atoms with Gasteiger partial charge in [-0.3, -0.25) is 0 Å². The first-order valence-electron chi connectivity index (χ1n) is 7.07. The van der Waals surface area contributed by atoms with E-state index in [9.17, 15) is 13.2 Å². The van der Waals surface area contributed by atoms with Gasteiger partial charge in [0.1, 0.15) is 5.75 Å². The predicted molar refractivity (Wildman–Crippen MR) is 80.9 cm³/mol. The Morgan fingerprint density at radius 1 is 0.818 bits per heavy atom. The van der Waals surface area contributed by atoms with E-state index in [0.717, 1.165) is 11.1 Å². The Bertz CT molecular complexity index is 612. The van der Waals surface area contributed by atoms with E-state index in [1.807, 2.05) is 36.4 Å². The van der Waals surface area contributed by atoms with Crippen LogP contribution in [0.15, 0.2) is 54.6 Å². The summed E-state index contributed by atoms with van der Waals surface area (Å²) in [6.45, 7) is 6.21. The fourth-order valence-corrected chi connectivity index (χ4v) is 2.73. The highest BCUT2D eigenvalue weighted by molar-refractivity contribution is 5.38. The van der Waals surface area contributed by atoms with E-state index < -0.39 is 6.36 Å². The molecule has 1 atom stereocenters. The standard InChI is InChI=1S/C18H19F3O/c1-17(2,3)16(13-8-5-4-6-9-13)14-10-7-11-15(12-14)22-18(19,20)21/h4-12,16H,1-3H3. The molecule has 0 aliphatic carbocycles. The van der Waals surface area contributed by atoms with Crippen LogP contribution >= 0.6 is 0 Å². The van der Waals surface area contributed by atoms with Crippen LogP contribution in [-0.2, 0) is 0 Å². The van der Waals surface area contributed by atoms with Gasteiger partial charge in [-0.2, -0.15) is 0 Å². The molecule has 0 saturated carbocycles. The Morgan fingerprint density at radius 2 is 1.41 bits per heavy atom. The summed E-state index contributed by atoms with van der Waals surface area (Å²) in [5.74, 6) is -0.208. The van der Waals surface area contributed by atoms with Crippen LogP contribution in [0.5, 0.6) is 5.75 Å². The highest BCUT2D eigenvalue weighted by Gasteiger charge is 2.32. The van der Waals surface area contributed by atoms with Crippen LogP contribution in [0.4, 0.5) is 13.2 Å². The van der Waals surface area contributed by atoms with E-state index in [4.69, 9.17) is 0 Å². The Labute approximate surface area is 128 Å². The lowest BCUT2D eigenvalue weighted by Gasteiger charge is -2.32. The summed E-state index contributed by atoms with van der Waals surface area (Å²) >= 11 is 0. The lowest BCUT2D eigenvalue weighted by molar-refractivity contribution is -0.274. The van der Waals surface area contributed by atoms with Crippen LogP contribution in [0.3, 0.4) is 0 Å². The van der Waals surface area contributed by atoms with Crippen LogP contribution in [0.2, 0.25) is 0 Å². The normalized spacial score (nSPS) is 13.7. The first-order valence-corrected chi connectivity index (χ1v) is 7.07. The number of benzene rings is 2.